The summed E-state index contributed by atoms with van der Waals surface area (Å²) in [6.07, 6.45) is -2.61. The third kappa shape index (κ3) is 3.74. The zero-order valence-corrected chi connectivity index (χ0v) is 13.7. The molecule has 6 nitrogen and oxygen atoms in total. The number of benzene rings is 1. The van der Waals surface area contributed by atoms with Crippen LogP contribution in [0.25, 0.3) is 0 Å². The van der Waals surface area contributed by atoms with Gasteiger partial charge in [-0.2, -0.15) is 0 Å². The van der Waals surface area contributed by atoms with E-state index in [0.29, 0.717) is 6.61 Å². The second kappa shape index (κ2) is 6.84. The molecule has 0 bridgehead atoms. The minimum absolute atomic E-state index is 0.155. The number of rotatable bonds is 6. The van der Waals surface area contributed by atoms with Crippen LogP contribution in [0.4, 0.5) is 0 Å². The molecular formula is C17H24O6. The third-order valence-electron chi connectivity index (χ3n) is 4.08. The van der Waals surface area contributed by atoms with Crippen LogP contribution >= 0.6 is 0 Å². The predicted octanol–water partition coefficient (Wildman–Crippen LogP) is 1.46. The molecule has 6 heteroatoms. The van der Waals surface area contributed by atoms with Gasteiger partial charge in [0.1, 0.15) is 24.4 Å². The molecule has 2 heterocycles. The van der Waals surface area contributed by atoms with E-state index in [2.05, 4.69) is 0 Å². The fourth-order valence-corrected chi connectivity index (χ4v) is 3.05. The topological polar surface area (TPSA) is 66.4 Å². The third-order valence-corrected chi connectivity index (χ3v) is 4.08. The van der Waals surface area contributed by atoms with Gasteiger partial charge in [0.05, 0.1) is 13.2 Å². The second-order valence-corrected chi connectivity index (χ2v) is 6.34. The normalized spacial score (nSPS) is 33.6. The fraction of sp³-hybridized carbons (Fsp3) is 0.647. The molecule has 0 aromatic heterocycles. The van der Waals surface area contributed by atoms with Crippen LogP contribution in [0.3, 0.4) is 0 Å². The Kier molecular flexibility index (Phi) is 5.01. The van der Waals surface area contributed by atoms with Crippen LogP contribution in [-0.2, 0) is 30.3 Å². The molecular weight excluding hydrogens is 300 g/mol. The van der Waals surface area contributed by atoms with Crippen LogP contribution in [-0.4, -0.2) is 55.3 Å². The van der Waals surface area contributed by atoms with Gasteiger partial charge in [0, 0.05) is 7.11 Å². The second-order valence-electron chi connectivity index (χ2n) is 6.34. The van der Waals surface area contributed by atoms with E-state index in [-0.39, 0.29) is 12.7 Å². The van der Waals surface area contributed by atoms with Crippen LogP contribution in [0.15, 0.2) is 30.3 Å². The van der Waals surface area contributed by atoms with Crippen LogP contribution in [0.2, 0.25) is 0 Å². The monoisotopic (exact) mass is 324 g/mol. The summed E-state index contributed by atoms with van der Waals surface area (Å²) in [6, 6.07) is 9.81. The standard InChI is InChI=1S/C17H24O6/c1-17(2)22-15-14(19-3)13(21-16(15)23-17)12(18)10-20-9-11-7-5-4-6-8-11/h4-8,12-16,18H,9-10H2,1-3H3/t12-,13-,14+,15-,16-/m1/s1. The van der Waals surface area contributed by atoms with Crippen molar-refractivity contribution in [1.82, 2.24) is 0 Å². The Morgan fingerprint density at radius 1 is 1.22 bits per heavy atom. The van der Waals surface area contributed by atoms with Crippen molar-refractivity contribution in [3.05, 3.63) is 35.9 Å². The van der Waals surface area contributed by atoms with E-state index >= 15 is 0 Å². The van der Waals surface area contributed by atoms with Gasteiger partial charge in [0.2, 0.25) is 0 Å². The number of ether oxygens (including phenoxy) is 5. The first-order valence-electron chi connectivity index (χ1n) is 7.84. The SMILES string of the molecule is CO[C@@H]1[C@H]2OC(C)(C)O[C@H]2O[C@@H]1[C@H](O)COCc1ccccc1. The first kappa shape index (κ1) is 16.8. The smallest absolute Gasteiger partial charge is 0.190 e. The van der Waals surface area contributed by atoms with Gasteiger partial charge >= 0.3 is 0 Å². The van der Waals surface area contributed by atoms with Crippen molar-refractivity contribution in [2.75, 3.05) is 13.7 Å². The lowest BCUT2D eigenvalue weighted by Crippen LogP contribution is -2.43. The Labute approximate surface area is 136 Å². The zero-order chi connectivity index (χ0) is 16.4. The summed E-state index contributed by atoms with van der Waals surface area (Å²) in [5.41, 5.74) is 1.06. The van der Waals surface area contributed by atoms with Gasteiger partial charge in [-0.25, -0.2) is 0 Å². The highest BCUT2D eigenvalue weighted by atomic mass is 16.8. The van der Waals surface area contributed by atoms with Crippen molar-refractivity contribution < 1.29 is 28.8 Å². The number of aliphatic hydroxyl groups is 1. The average molecular weight is 324 g/mol. The molecule has 2 fully saturated rings. The molecule has 0 unspecified atom stereocenters. The summed E-state index contributed by atoms with van der Waals surface area (Å²) in [7, 11) is 1.58. The fourth-order valence-electron chi connectivity index (χ4n) is 3.05. The highest BCUT2D eigenvalue weighted by Gasteiger charge is 2.56. The number of hydrogen-bond donors (Lipinski definition) is 1. The Bertz CT molecular complexity index is 505. The molecule has 0 radical (unpaired) electrons. The summed E-state index contributed by atoms with van der Waals surface area (Å²) in [6.45, 7) is 4.25. The number of fused-ring (bicyclic) bond motifs is 1. The van der Waals surface area contributed by atoms with Gasteiger partial charge in [-0.05, 0) is 19.4 Å². The van der Waals surface area contributed by atoms with Gasteiger partial charge in [0.25, 0.3) is 0 Å². The molecule has 23 heavy (non-hydrogen) atoms. The molecule has 0 saturated carbocycles. The predicted molar refractivity (Wildman–Crippen MR) is 81.6 cm³/mol. The number of methoxy groups -OCH3 is 1. The Balaban J connectivity index is 1.52. The first-order valence-corrected chi connectivity index (χ1v) is 7.84. The molecule has 0 spiro atoms. The van der Waals surface area contributed by atoms with Crippen molar-refractivity contribution >= 4 is 0 Å². The molecule has 1 aromatic rings. The highest BCUT2D eigenvalue weighted by molar-refractivity contribution is 5.13. The van der Waals surface area contributed by atoms with Gasteiger partial charge in [-0.15, -0.1) is 0 Å². The van der Waals surface area contributed by atoms with E-state index in [0.717, 1.165) is 5.56 Å². The average Bonchev–Trinajstić information content (AvgIpc) is 2.99. The Hall–Kier alpha value is -1.02. The van der Waals surface area contributed by atoms with Gasteiger partial charge in [-0.3, -0.25) is 0 Å². The van der Waals surface area contributed by atoms with Crippen molar-refractivity contribution in [3.8, 4) is 0 Å². The minimum Gasteiger partial charge on any atom is -0.388 e. The number of hydrogen-bond acceptors (Lipinski definition) is 6. The van der Waals surface area contributed by atoms with E-state index in [1.165, 1.54) is 0 Å². The van der Waals surface area contributed by atoms with E-state index in [1.54, 1.807) is 7.11 Å². The van der Waals surface area contributed by atoms with E-state index in [9.17, 15) is 5.11 Å². The van der Waals surface area contributed by atoms with E-state index < -0.39 is 30.4 Å². The van der Waals surface area contributed by atoms with Gasteiger partial charge < -0.3 is 28.8 Å². The maximum atomic E-state index is 10.4. The quantitative estimate of drug-likeness (QED) is 0.854. The first-order chi connectivity index (χ1) is 11.0. The van der Waals surface area contributed by atoms with Crippen molar-refractivity contribution in [2.45, 2.75) is 56.9 Å². The lowest BCUT2D eigenvalue weighted by atomic mass is 10.1. The van der Waals surface area contributed by atoms with Crippen molar-refractivity contribution in [1.29, 1.82) is 0 Å². The van der Waals surface area contributed by atoms with Crippen molar-refractivity contribution in [2.24, 2.45) is 0 Å². The molecule has 5 atom stereocenters. The molecule has 2 aliphatic heterocycles. The molecule has 2 aliphatic rings. The Morgan fingerprint density at radius 2 is 1.96 bits per heavy atom. The molecule has 3 rings (SSSR count). The maximum Gasteiger partial charge on any atom is 0.190 e. The summed E-state index contributed by atoms with van der Waals surface area (Å²) < 4.78 is 28.3. The Morgan fingerprint density at radius 3 is 2.65 bits per heavy atom. The van der Waals surface area contributed by atoms with Crippen LogP contribution < -0.4 is 0 Å². The van der Waals surface area contributed by atoms with E-state index in [4.69, 9.17) is 23.7 Å². The van der Waals surface area contributed by atoms with Crippen molar-refractivity contribution in [3.63, 3.8) is 0 Å². The molecule has 1 N–H and O–H groups in total. The zero-order valence-electron chi connectivity index (χ0n) is 13.7. The molecule has 0 amide bonds. The van der Waals surface area contributed by atoms with Gasteiger partial charge in [0.15, 0.2) is 12.1 Å². The molecule has 2 saturated heterocycles. The molecule has 0 aliphatic carbocycles. The molecule has 128 valence electrons. The van der Waals surface area contributed by atoms with Gasteiger partial charge in [-0.1, -0.05) is 30.3 Å². The molecule has 1 aromatic carbocycles. The summed E-state index contributed by atoms with van der Waals surface area (Å²) in [4.78, 5) is 0. The minimum atomic E-state index is -0.815. The van der Waals surface area contributed by atoms with Crippen LogP contribution in [0.5, 0.6) is 0 Å². The number of aliphatic hydroxyl groups excluding tert-OH is 1. The highest BCUT2D eigenvalue weighted by Crippen LogP contribution is 2.39. The summed E-state index contributed by atoms with van der Waals surface area (Å²) in [5, 5.41) is 10.4. The summed E-state index contributed by atoms with van der Waals surface area (Å²) >= 11 is 0. The van der Waals surface area contributed by atoms with Crippen LogP contribution in [0, 0.1) is 0 Å². The van der Waals surface area contributed by atoms with Crippen LogP contribution in [0.1, 0.15) is 19.4 Å². The summed E-state index contributed by atoms with van der Waals surface area (Å²) in [5.74, 6) is -0.703. The largest absolute Gasteiger partial charge is 0.388 e. The lowest BCUT2D eigenvalue weighted by Gasteiger charge is -2.27. The maximum absolute atomic E-state index is 10.4. The van der Waals surface area contributed by atoms with E-state index in [1.807, 2.05) is 44.2 Å². The lowest BCUT2D eigenvalue weighted by molar-refractivity contribution is -0.230.